The smallest absolute Gasteiger partial charge is 0.108 e. The minimum absolute atomic E-state index is 0.265. The number of nitrogens with one attached hydrogen (secondary N) is 1. The SMILES string of the molecule is NCC(O)c1[nH]ncc1C12CC3CC(CC(C3)C1)C2. The lowest BCUT2D eigenvalue weighted by Crippen LogP contribution is -2.48. The first-order valence-corrected chi connectivity index (χ1v) is 7.62. The van der Waals surface area contributed by atoms with E-state index in [0.717, 1.165) is 23.4 Å². The molecule has 5 rings (SSSR count). The molecule has 1 atom stereocenters. The Balaban J connectivity index is 1.74. The van der Waals surface area contributed by atoms with Crippen LogP contribution in [0.2, 0.25) is 0 Å². The van der Waals surface area contributed by atoms with E-state index in [1.165, 1.54) is 44.1 Å². The first-order chi connectivity index (χ1) is 9.20. The number of nitrogens with zero attached hydrogens (tertiary/aromatic N) is 1. The zero-order valence-corrected chi connectivity index (χ0v) is 11.3. The Morgan fingerprint density at radius 1 is 1.26 bits per heavy atom. The van der Waals surface area contributed by atoms with Crippen molar-refractivity contribution in [3.63, 3.8) is 0 Å². The molecule has 1 heterocycles. The van der Waals surface area contributed by atoms with E-state index in [2.05, 4.69) is 10.2 Å². The fourth-order valence-electron chi connectivity index (χ4n) is 5.53. The third kappa shape index (κ3) is 1.69. The second-order valence-corrected chi connectivity index (χ2v) is 7.15. The van der Waals surface area contributed by atoms with E-state index < -0.39 is 6.10 Å². The summed E-state index contributed by atoms with van der Waals surface area (Å²) < 4.78 is 0. The molecule has 4 bridgehead atoms. The Kier molecular flexibility index (Phi) is 2.55. The van der Waals surface area contributed by atoms with Gasteiger partial charge in [0.2, 0.25) is 0 Å². The van der Waals surface area contributed by atoms with E-state index in [1.807, 2.05) is 6.20 Å². The highest BCUT2D eigenvalue weighted by Crippen LogP contribution is 2.61. The average molecular weight is 261 g/mol. The molecule has 0 saturated heterocycles. The van der Waals surface area contributed by atoms with Crippen molar-refractivity contribution >= 4 is 0 Å². The van der Waals surface area contributed by atoms with Crippen LogP contribution in [-0.2, 0) is 5.41 Å². The summed E-state index contributed by atoms with van der Waals surface area (Å²) in [4.78, 5) is 0. The first-order valence-electron chi connectivity index (χ1n) is 7.62. The van der Waals surface area contributed by atoms with E-state index in [4.69, 9.17) is 5.73 Å². The van der Waals surface area contributed by atoms with Crippen molar-refractivity contribution in [1.29, 1.82) is 0 Å². The van der Waals surface area contributed by atoms with Gasteiger partial charge < -0.3 is 10.8 Å². The molecule has 1 aromatic rings. The molecule has 0 aromatic carbocycles. The maximum atomic E-state index is 10.1. The van der Waals surface area contributed by atoms with Gasteiger partial charge in [0.05, 0.1) is 11.9 Å². The van der Waals surface area contributed by atoms with E-state index in [9.17, 15) is 5.11 Å². The Hall–Kier alpha value is -0.870. The quantitative estimate of drug-likeness (QED) is 0.777. The van der Waals surface area contributed by atoms with Crippen molar-refractivity contribution in [2.24, 2.45) is 23.5 Å². The summed E-state index contributed by atoms with van der Waals surface area (Å²) >= 11 is 0. The van der Waals surface area contributed by atoms with Crippen LogP contribution in [0, 0.1) is 17.8 Å². The third-order valence-corrected chi connectivity index (χ3v) is 5.83. The fraction of sp³-hybridized carbons (Fsp3) is 0.800. The molecule has 0 radical (unpaired) electrons. The van der Waals surface area contributed by atoms with Gasteiger partial charge in [-0.05, 0) is 61.7 Å². The van der Waals surface area contributed by atoms with Crippen LogP contribution in [0.5, 0.6) is 0 Å². The number of rotatable bonds is 3. The van der Waals surface area contributed by atoms with Crippen molar-refractivity contribution < 1.29 is 5.11 Å². The first kappa shape index (κ1) is 11.9. The lowest BCUT2D eigenvalue weighted by Gasteiger charge is -2.57. The highest BCUT2D eigenvalue weighted by Gasteiger charge is 2.52. The van der Waals surface area contributed by atoms with Gasteiger partial charge in [-0.15, -0.1) is 0 Å². The molecule has 4 nitrogen and oxygen atoms in total. The number of hydrogen-bond acceptors (Lipinski definition) is 3. The molecule has 4 aliphatic rings. The molecule has 1 unspecified atom stereocenters. The second-order valence-electron chi connectivity index (χ2n) is 7.15. The highest BCUT2D eigenvalue weighted by molar-refractivity contribution is 5.32. The minimum atomic E-state index is -0.592. The van der Waals surface area contributed by atoms with E-state index in [1.54, 1.807) is 0 Å². The lowest BCUT2D eigenvalue weighted by atomic mass is 9.48. The maximum absolute atomic E-state index is 10.1. The van der Waals surface area contributed by atoms with Gasteiger partial charge in [-0.25, -0.2) is 0 Å². The fourth-order valence-corrected chi connectivity index (χ4v) is 5.53. The van der Waals surface area contributed by atoms with Gasteiger partial charge in [-0.1, -0.05) is 0 Å². The molecule has 4 aliphatic carbocycles. The van der Waals surface area contributed by atoms with Gasteiger partial charge in [0.1, 0.15) is 6.10 Å². The predicted octanol–water partition coefficient (Wildman–Crippen LogP) is 1.87. The number of nitrogens with two attached hydrogens (primary N) is 1. The molecule has 4 fully saturated rings. The highest BCUT2D eigenvalue weighted by atomic mass is 16.3. The number of aliphatic hydroxyl groups excluding tert-OH is 1. The number of aliphatic hydroxyl groups is 1. The number of aromatic amines is 1. The molecule has 0 spiro atoms. The molecule has 4 heteroatoms. The van der Waals surface area contributed by atoms with E-state index >= 15 is 0 Å². The van der Waals surface area contributed by atoms with Crippen LogP contribution in [0.25, 0.3) is 0 Å². The molecular weight excluding hydrogens is 238 g/mol. The van der Waals surface area contributed by atoms with Crippen molar-refractivity contribution in [2.75, 3.05) is 6.54 Å². The van der Waals surface area contributed by atoms with Crippen LogP contribution in [0.3, 0.4) is 0 Å². The van der Waals surface area contributed by atoms with Crippen molar-refractivity contribution in [3.8, 4) is 0 Å². The summed E-state index contributed by atoms with van der Waals surface area (Å²) in [7, 11) is 0. The molecule has 0 aliphatic heterocycles. The monoisotopic (exact) mass is 261 g/mol. The molecule has 0 amide bonds. The second kappa shape index (κ2) is 4.06. The van der Waals surface area contributed by atoms with Crippen LogP contribution < -0.4 is 5.73 Å². The largest absolute Gasteiger partial charge is 0.385 e. The summed E-state index contributed by atoms with van der Waals surface area (Å²) in [5.74, 6) is 2.72. The Labute approximate surface area is 113 Å². The normalized spacial score (nSPS) is 41.7. The van der Waals surface area contributed by atoms with Crippen molar-refractivity contribution in [3.05, 3.63) is 17.5 Å². The Morgan fingerprint density at radius 2 is 1.84 bits per heavy atom. The Morgan fingerprint density at radius 3 is 2.37 bits per heavy atom. The summed E-state index contributed by atoms with van der Waals surface area (Å²) in [5.41, 5.74) is 8.06. The van der Waals surface area contributed by atoms with Gasteiger partial charge in [0.15, 0.2) is 0 Å². The zero-order valence-electron chi connectivity index (χ0n) is 11.3. The van der Waals surface area contributed by atoms with E-state index in [0.29, 0.717) is 0 Å². The molecule has 19 heavy (non-hydrogen) atoms. The third-order valence-electron chi connectivity index (χ3n) is 5.83. The molecule has 4 saturated carbocycles. The molecular formula is C15H23N3O. The zero-order chi connectivity index (χ0) is 13.0. The van der Waals surface area contributed by atoms with Crippen LogP contribution in [-0.4, -0.2) is 21.8 Å². The van der Waals surface area contributed by atoms with Crippen LogP contribution in [0.15, 0.2) is 6.20 Å². The molecule has 4 N–H and O–H groups in total. The minimum Gasteiger partial charge on any atom is -0.385 e. The summed E-state index contributed by atoms with van der Waals surface area (Å²) in [6, 6.07) is 0. The number of aromatic nitrogens is 2. The van der Waals surface area contributed by atoms with Crippen LogP contribution in [0.1, 0.15) is 55.9 Å². The number of hydrogen-bond donors (Lipinski definition) is 3. The van der Waals surface area contributed by atoms with E-state index in [-0.39, 0.29) is 12.0 Å². The summed E-state index contributed by atoms with van der Waals surface area (Å²) in [5, 5.41) is 17.3. The lowest BCUT2D eigenvalue weighted by molar-refractivity contribution is -0.00656. The standard InChI is InChI=1S/C15H23N3O/c16-7-13(19)14-12(8-17-18-14)15-4-9-1-10(5-15)3-11(2-9)6-15/h8-11,13,19H,1-7,16H2,(H,17,18). The topological polar surface area (TPSA) is 74.9 Å². The van der Waals surface area contributed by atoms with Gasteiger partial charge in [-0.2, -0.15) is 5.10 Å². The predicted molar refractivity (Wildman–Crippen MR) is 72.5 cm³/mol. The summed E-state index contributed by atoms with van der Waals surface area (Å²) in [6.45, 7) is 0.265. The molecule has 104 valence electrons. The van der Waals surface area contributed by atoms with Crippen LogP contribution in [0.4, 0.5) is 0 Å². The van der Waals surface area contributed by atoms with Gasteiger partial charge in [0.25, 0.3) is 0 Å². The van der Waals surface area contributed by atoms with Crippen molar-refractivity contribution in [2.45, 2.75) is 50.0 Å². The number of H-pyrrole nitrogens is 1. The maximum Gasteiger partial charge on any atom is 0.108 e. The summed E-state index contributed by atoms with van der Waals surface area (Å²) in [6.07, 6.45) is 9.56. The Bertz CT molecular complexity index is 446. The average Bonchev–Trinajstić information content (AvgIpc) is 2.86. The molecule has 1 aromatic heterocycles. The van der Waals surface area contributed by atoms with Gasteiger partial charge >= 0.3 is 0 Å². The van der Waals surface area contributed by atoms with Crippen LogP contribution >= 0.6 is 0 Å². The van der Waals surface area contributed by atoms with Crippen molar-refractivity contribution in [1.82, 2.24) is 10.2 Å². The van der Waals surface area contributed by atoms with Gasteiger partial charge in [-0.3, -0.25) is 5.10 Å². The van der Waals surface area contributed by atoms with Gasteiger partial charge in [0, 0.05) is 12.1 Å².